The summed E-state index contributed by atoms with van der Waals surface area (Å²) < 4.78 is 30.6. The van der Waals surface area contributed by atoms with Crippen LogP contribution in [0.1, 0.15) is 20.3 Å². The maximum Gasteiger partial charge on any atom is 0.387 e. The summed E-state index contributed by atoms with van der Waals surface area (Å²) in [6.07, 6.45) is 0.808. The first-order chi connectivity index (χ1) is 14.4. The second-order valence-corrected chi connectivity index (χ2v) is 7.53. The number of thioether (sulfide) groups is 1. The molecule has 3 rings (SSSR count). The Hall–Kier alpha value is -2.94. The average molecular weight is 433 g/mol. The van der Waals surface area contributed by atoms with Gasteiger partial charge in [-0.3, -0.25) is 14.2 Å². The van der Waals surface area contributed by atoms with Crippen LogP contribution in [-0.2, 0) is 4.79 Å². The van der Waals surface area contributed by atoms with Crippen LogP contribution in [0.3, 0.4) is 0 Å². The molecule has 2 aromatic carbocycles. The highest BCUT2D eigenvalue weighted by Crippen LogP contribution is 2.23. The minimum atomic E-state index is -2.93. The van der Waals surface area contributed by atoms with Crippen molar-refractivity contribution in [3.8, 4) is 11.4 Å². The van der Waals surface area contributed by atoms with Crippen molar-refractivity contribution in [1.82, 2.24) is 14.9 Å². The van der Waals surface area contributed by atoms with Gasteiger partial charge in [-0.05, 0) is 49.7 Å². The van der Waals surface area contributed by atoms with E-state index in [0.29, 0.717) is 21.7 Å². The quantitative estimate of drug-likeness (QED) is 0.430. The highest BCUT2D eigenvalue weighted by atomic mass is 32.2. The molecule has 1 heterocycles. The van der Waals surface area contributed by atoms with Gasteiger partial charge >= 0.3 is 6.61 Å². The van der Waals surface area contributed by atoms with Gasteiger partial charge < -0.3 is 10.1 Å². The Morgan fingerprint density at radius 2 is 1.90 bits per heavy atom. The number of carbonyl (C=O) groups excluding carboxylic acids is 1. The third-order valence-electron chi connectivity index (χ3n) is 4.42. The SMILES string of the molecule is CC[C@@H](C)NC(=O)CSc1nc2ccccc2c(=O)n1-c1ccc(OC(F)F)cc1. The summed E-state index contributed by atoms with van der Waals surface area (Å²) in [7, 11) is 0. The Morgan fingerprint density at radius 1 is 1.20 bits per heavy atom. The van der Waals surface area contributed by atoms with Crippen LogP contribution in [0.2, 0.25) is 0 Å². The molecule has 1 amide bonds. The van der Waals surface area contributed by atoms with Crippen molar-refractivity contribution in [2.24, 2.45) is 0 Å². The second-order valence-electron chi connectivity index (χ2n) is 6.59. The van der Waals surface area contributed by atoms with E-state index >= 15 is 0 Å². The summed E-state index contributed by atoms with van der Waals surface area (Å²) in [4.78, 5) is 29.9. The van der Waals surface area contributed by atoms with Gasteiger partial charge in [-0.25, -0.2) is 4.98 Å². The minimum Gasteiger partial charge on any atom is -0.435 e. The summed E-state index contributed by atoms with van der Waals surface area (Å²) in [5.74, 6) is -0.0940. The van der Waals surface area contributed by atoms with Crippen LogP contribution in [0.25, 0.3) is 16.6 Å². The van der Waals surface area contributed by atoms with Gasteiger partial charge in [0.2, 0.25) is 5.91 Å². The number of hydrogen-bond donors (Lipinski definition) is 1. The fourth-order valence-electron chi connectivity index (χ4n) is 2.76. The standard InChI is InChI=1S/C21H21F2N3O3S/c1-3-13(2)24-18(27)12-30-21-25-17-7-5-4-6-16(17)19(28)26(21)14-8-10-15(11-9-14)29-20(22)23/h4-11,13,20H,3,12H2,1-2H3,(H,24,27)/t13-/m1/s1. The molecule has 1 N–H and O–H groups in total. The molecule has 0 unspecified atom stereocenters. The summed E-state index contributed by atoms with van der Waals surface area (Å²) in [6, 6.07) is 12.7. The van der Waals surface area contributed by atoms with E-state index in [1.807, 2.05) is 13.8 Å². The molecule has 30 heavy (non-hydrogen) atoms. The van der Waals surface area contributed by atoms with E-state index in [0.717, 1.165) is 18.2 Å². The van der Waals surface area contributed by atoms with Crippen molar-refractivity contribution in [2.75, 3.05) is 5.75 Å². The number of ether oxygens (including phenoxy) is 1. The number of halogens is 2. The molecule has 0 aliphatic heterocycles. The van der Waals surface area contributed by atoms with Crippen molar-refractivity contribution < 1.29 is 18.3 Å². The molecule has 0 aliphatic rings. The minimum absolute atomic E-state index is 0.0160. The zero-order valence-electron chi connectivity index (χ0n) is 16.5. The summed E-state index contributed by atoms with van der Waals surface area (Å²) in [5.41, 5.74) is 0.638. The monoisotopic (exact) mass is 433 g/mol. The average Bonchev–Trinajstić information content (AvgIpc) is 2.72. The number of fused-ring (bicyclic) bond motifs is 1. The number of nitrogens with one attached hydrogen (secondary N) is 1. The van der Waals surface area contributed by atoms with Gasteiger partial charge in [0.25, 0.3) is 5.56 Å². The molecule has 0 fully saturated rings. The number of alkyl halides is 2. The highest BCUT2D eigenvalue weighted by Gasteiger charge is 2.16. The number of amides is 1. The summed E-state index contributed by atoms with van der Waals surface area (Å²) in [6.45, 7) is 0.953. The molecule has 0 bridgehead atoms. The van der Waals surface area contributed by atoms with Crippen LogP contribution in [0.15, 0.2) is 58.5 Å². The van der Waals surface area contributed by atoms with Crippen molar-refractivity contribution >= 4 is 28.6 Å². The van der Waals surface area contributed by atoms with Crippen LogP contribution >= 0.6 is 11.8 Å². The number of benzene rings is 2. The van der Waals surface area contributed by atoms with Crippen LogP contribution in [0.5, 0.6) is 5.75 Å². The molecule has 9 heteroatoms. The first-order valence-corrected chi connectivity index (χ1v) is 10.4. The van der Waals surface area contributed by atoms with E-state index in [1.54, 1.807) is 24.3 Å². The van der Waals surface area contributed by atoms with Crippen LogP contribution in [0.4, 0.5) is 8.78 Å². The molecule has 0 saturated heterocycles. The molecule has 3 aromatic rings. The third kappa shape index (κ3) is 5.15. The number of para-hydroxylation sites is 1. The lowest BCUT2D eigenvalue weighted by atomic mass is 10.2. The smallest absolute Gasteiger partial charge is 0.387 e. The van der Waals surface area contributed by atoms with E-state index in [-0.39, 0.29) is 29.0 Å². The Morgan fingerprint density at radius 3 is 2.57 bits per heavy atom. The number of hydrogen-bond acceptors (Lipinski definition) is 5. The largest absolute Gasteiger partial charge is 0.435 e. The molecule has 0 radical (unpaired) electrons. The number of carbonyl (C=O) groups is 1. The second kappa shape index (κ2) is 9.71. The normalized spacial score (nSPS) is 12.2. The van der Waals surface area contributed by atoms with Gasteiger partial charge in [-0.2, -0.15) is 8.78 Å². The zero-order chi connectivity index (χ0) is 21.7. The fourth-order valence-corrected chi connectivity index (χ4v) is 3.59. The van der Waals surface area contributed by atoms with Crippen molar-refractivity contribution in [3.63, 3.8) is 0 Å². The van der Waals surface area contributed by atoms with E-state index < -0.39 is 6.61 Å². The molecule has 158 valence electrons. The molecule has 0 spiro atoms. The maximum atomic E-state index is 13.1. The number of nitrogens with zero attached hydrogens (tertiary/aromatic N) is 2. The molecule has 0 saturated carbocycles. The van der Waals surface area contributed by atoms with Crippen LogP contribution in [-0.4, -0.2) is 33.9 Å². The van der Waals surface area contributed by atoms with Crippen molar-refractivity contribution in [1.29, 1.82) is 0 Å². The Kier molecular flexibility index (Phi) is 7.04. The van der Waals surface area contributed by atoms with E-state index in [2.05, 4.69) is 15.0 Å². The van der Waals surface area contributed by atoms with Gasteiger partial charge in [0.1, 0.15) is 5.75 Å². The molecular formula is C21H21F2N3O3S. The van der Waals surface area contributed by atoms with Crippen molar-refractivity contribution in [2.45, 2.75) is 38.1 Å². The first kappa shape index (κ1) is 21.8. The van der Waals surface area contributed by atoms with Gasteiger partial charge in [0, 0.05) is 6.04 Å². The van der Waals surface area contributed by atoms with Gasteiger partial charge in [-0.1, -0.05) is 30.8 Å². The molecule has 1 aromatic heterocycles. The first-order valence-electron chi connectivity index (χ1n) is 9.38. The highest BCUT2D eigenvalue weighted by molar-refractivity contribution is 7.99. The Balaban J connectivity index is 1.98. The van der Waals surface area contributed by atoms with Gasteiger partial charge in [0.05, 0.1) is 22.3 Å². The van der Waals surface area contributed by atoms with E-state index in [4.69, 9.17) is 0 Å². The zero-order valence-corrected chi connectivity index (χ0v) is 17.3. The molecule has 6 nitrogen and oxygen atoms in total. The fraction of sp³-hybridized carbons (Fsp3) is 0.286. The molecule has 1 atom stereocenters. The van der Waals surface area contributed by atoms with E-state index in [1.165, 1.54) is 28.8 Å². The van der Waals surface area contributed by atoms with E-state index in [9.17, 15) is 18.4 Å². The van der Waals surface area contributed by atoms with Gasteiger partial charge in [0.15, 0.2) is 5.16 Å². The maximum absolute atomic E-state index is 13.1. The molecular weight excluding hydrogens is 412 g/mol. The topological polar surface area (TPSA) is 73.2 Å². The third-order valence-corrected chi connectivity index (χ3v) is 5.36. The van der Waals surface area contributed by atoms with Crippen LogP contribution < -0.4 is 15.6 Å². The summed E-state index contributed by atoms with van der Waals surface area (Å²) >= 11 is 1.13. The Labute approximate surface area is 176 Å². The lowest BCUT2D eigenvalue weighted by Gasteiger charge is -2.15. The predicted octanol–water partition coefficient (Wildman–Crippen LogP) is 3.99. The number of aromatic nitrogens is 2. The predicted molar refractivity (Wildman–Crippen MR) is 113 cm³/mol. The van der Waals surface area contributed by atoms with Crippen molar-refractivity contribution in [3.05, 3.63) is 58.9 Å². The summed E-state index contributed by atoms with van der Waals surface area (Å²) in [5, 5.41) is 3.62. The lowest BCUT2D eigenvalue weighted by molar-refractivity contribution is -0.119. The molecule has 0 aliphatic carbocycles. The van der Waals surface area contributed by atoms with Gasteiger partial charge in [-0.15, -0.1) is 0 Å². The Bertz CT molecular complexity index is 1090. The lowest BCUT2D eigenvalue weighted by Crippen LogP contribution is -2.33. The number of rotatable bonds is 8. The van der Waals surface area contributed by atoms with Crippen LogP contribution in [0, 0.1) is 0 Å².